The van der Waals surface area contributed by atoms with Crippen LogP contribution in [0.2, 0.25) is 0 Å². The molecule has 2 rings (SSSR count). The van der Waals surface area contributed by atoms with Crippen molar-refractivity contribution in [2.45, 2.75) is 0 Å². The van der Waals surface area contributed by atoms with Gasteiger partial charge >= 0.3 is 0 Å². The number of methoxy groups -OCH3 is 1. The average molecular weight is 286 g/mol. The number of carbonyl (C=O) groups is 2. The molecule has 2 amide bonds. The van der Waals surface area contributed by atoms with Gasteiger partial charge in [-0.15, -0.1) is 0 Å². The average Bonchev–Trinajstić information content (AvgIpc) is 2.93. The molecule has 2 N–H and O–H groups in total. The molecule has 0 aromatic heterocycles. The van der Waals surface area contributed by atoms with E-state index in [4.69, 9.17) is 4.74 Å². The van der Waals surface area contributed by atoms with Crippen molar-refractivity contribution in [1.29, 1.82) is 0 Å². The lowest BCUT2D eigenvalue weighted by Gasteiger charge is -2.02. The molecule has 0 fully saturated rings. The summed E-state index contributed by atoms with van der Waals surface area (Å²) in [6.45, 7) is 0. The fraction of sp³-hybridized carbons (Fsp3) is 0.143. The Morgan fingerprint density at radius 2 is 2.29 bits per heavy atom. The van der Waals surface area contributed by atoms with Gasteiger partial charge in [0.05, 0.1) is 7.11 Å². The number of ether oxygens (including phenoxy) is 1. The number of hydrogen-bond acceptors (Lipinski definition) is 5. The van der Waals surface area contributed by atoms with E-state index in [9.17, 15) is 9.59 Å². The Morgan fingerprint density at radius 3 is 3.00 bits per heavy atom. The minimum Gasteiger partial charge on any atom is -0.496 e. The number of carbonyl (C=O) groups excluding carboxylic acids is 2. The molecule has 1 aromatic carbocycles. The maximum atomic E-state index is 11.6. The van der Waals surface area contributed by atoms with Crippen molar-refractivity contribution in [3.8, 4) is 5.75 Å². The Morgan fingerprint density at radius 1 is 1.48 bits per heavy atom. The van der Waals surface area contributed by atoms with Crippen LogP contribution in [-0.4, -0.2) is 31.4 Å². The third-order valence-electron chi connectivity index (χ3n) is 2.71. The van der Waals surface area contributed by atoms with Gasteiger partial charge in [0.25, 0.3) is 11.8 Å². The summed E-state index contributed by atoms with van der Waals surface area (Å²) in [4.78, 5) is 22.8. The van der Waals surface area contributed by atoms with Crippen LogP contribution in [0.4, 0.5) is 0 Å². The van der Waals surface area contributed by atoms with Crippen molar-refractivity contribution in [2.75, 3.05) is 7.11 Å². The lowest BCUT2D eigenvalue weighted by atomic mass is 10.1. The molecule has 0 saturated carbocycles. The van der Waals surface area contributed by atoms with Gasteiger partial charge in [0.1, 0.15) is 5.75 Å². The van der Waals surface area contributed by atoms with E-state index >= 15 is 0 Å². The molecule has 1 heterocycles. The Hall–Kier alpha value is -2.96. The summed E-state index contributed by atoms with van der Waals surface area (Å²) in [5.74, 6) is -1.19. The number of benzene rings is 1. The smallest absolute Gasteiger partial charge is 0.258 e. The number of para-hydroxylation sites is 1. The van der Waals surface area contributed by atoms with Crippen LogP contribution in [0, 0.1) is 5.92 Å². The summed E-state index contributed by atoms with van der Waals surface area (Å²) in [6, 6.07) is 7.50. The molecule has 1 aliphatic rings. The molecular weight excluding hydrogens is 272 g/mol. The SMILES string of the molecule is COc1ccccc1/C=C/C=N\NC(=O)[C@H]1C=NNC1=O. The molecule has 21 heavy (non-hydrogen) atoms. The highest BCUT2D eigenvalue weighted by atomic mass is 16.5. The molecular formula is C14H14N4O3. The molecule has 7 nitrogen and oxygen atoms in total. The highest BCUT2D eigenvalue weighted by Gasteiger charge is 2.28. The number of amides is 2. The number of rotatable bonds is 5. The Bertz CT molecular complexity index is 622. The van der Waals surface area contributed by atoms with Crippen molar-refractivity contribution >= 4 is 30.3 Å². The Balaban J connectivity index is 1.88. The minimum atomic E-state index is -0.930. The monoisotopic (exact) mass is 286 g/mol. The summed E-state index contributed by atoms with van der Waals surface area (Å²) in [5.41, 5.74) is 5.33. The van der Waals surface area contributed by atoms with Gasteiger partial charge in [-0.2, -0.15) is 10.2 Å². The first-order valence-corrected chi connectivity index (χ1v) is 6.18. The number of allylic oxidation sites excluding steroid dienone is 1. The van der Waals surface area contributed by atoms with E-state index in [1.54, 1.807) is 19.3 Å². The third-order valence-corrected chi connectivity index (χ3v) is 2.71. The van der Waals surface area contributed by atoms with Crippen LogP contribution in [0.5, 0.6) is 5.75 Å². The van der Waals surface area contributed by atoms with Crippen LogP contribution >= 0.6 is 0 Å². The molecule has 0 saturated heterocycles. The van der Waals surface area contributed by atoms with Gasteiger partial charge in [-0.25, -0.2) is 10.9 Å². The number of hydrazone groups is 2. The van der Waals surface area contributed by atoms with E-state index in [1.165, 1.54) is 12.4 Å². The maximum absolute atomic E-state index is 11.6. The second kappa shape index (κ2) is 6.99. The van der Waals surface area contributed by atoms with Crippen molar-refractivity contribution in [1.82, 2.24) is 10.9 Å². The fourth-order valence-corrected chi connectivity index (χ4v) is 1.66. The summed E-state index contributed by atoms with van der Waals surface area (Å²) < 4.78 is 5.20. The van der Waals surface area contributed by atoms with Crippen LogP contribution in [-0.2, 0) is 9.59 Å². The summed E-state index contributed by atoms with van der Waals surface area (Å²) in [7, 11) is 1.59. The Kier molecular flexibility index (Phi) is 4.81. The zero-order chi connectivity index (χ0) is 15.1. The lowest BCUT2D eigenvalue weighted by Crippen LogP contribution is -2.34. The van der Waals surface area contributed by atoms with Crippen molar-refractivity contribution in [3.63, 3.8) is 0 Å². The van der Waals surface area contributed by atoms with Crippen molar-refractivity contribution in [2.24, 2.45) is 16.1 Å². The molecule has 1 aromatic rings. The van der Waals surface area contributed by atoms with Gasteiger partial charge in [0, 0.05) is 18.0 Å². The van der Waals surface area contributed by atoms with Gasteiger partial charge in [-0.05, 0) is 18.2 Å². The van der Waals surface area contributed by atoms with Gasteiger partial charge < -0.3 is 4.74 Å². The van der Waals surface area contributed by atoms with Gasteiger partial charge in [0.15, 0.2) is 5.92 Å². The predicted molar refractivity (Wildman–Crippen MR) is 78.8 cm³/mol. The predicted octanol–water partition coefficient (Wildman–Crippen LogP) is 0.542. The minimum absolute atomic E-state index is 0.465. The second-order valence-corrected chi connectivity index (χ2v) is 4.09. The molecule has 0 aliphatic carbocycles. The maximum Gasteiger partial charge on any atom is 0.258 e. The summed E-state index contributed by atoms with van der Waals surface area (Å²) in [5, 5.41) is 7.23. The third kappa shape index (κ3) is 3.75. The van der Waals surface area contributed by atoms with E-state index in [1.807, 2.05) is 24.3 Å². The molecule has 0 unspecified atom stereocenters. The second-order valence-electron chi connectivity index (χ2n) is 4.09. The number of nitrogens with one attached hydrogen (secondary N) is 2. The highest BCUT2D eigenvalue weighted by molar-refractivity contribution is 6.15. The van der Waals surface area contributed by atoms with Gasteiger partial charge in [-0.3, -0.25) is 9.59 Å². The topological polar surface area (TPSA) is 92.2 Å². The quantitative estimate of drug-likeness (QED) is 0.470. The van der Waals surface area contributed by atoms with Crippen molar-refractivity contribution < 1.29 is 14.3 Å². The summed E-state index contributed by atoms with van der Waals surface area (Å²) in [6.07, 6.45) is 6.09. The molecule has 1 atom stereocenters. The standard InChI is InChI=1S/C14H14N4O3/c1-21-12-7-3-2-5-10(12)6-4-8-15-17-13(19)11-9-16-18-14(11)20/h2-9,11H,1H3,(H,17,19)(H,18,20)/b6-4+,15-8-/t11-/m1/s1. The van der Waals surface area contributed by atoms with Gasteiger partial charge in [0.2, 0.25) is 0 Å². The van der Waals surface area contributed by atoms with E-state index in [-0.39, 0.29) is 0 Å². The number of nitrogens with zero attached hydrogens (tertiary/aromatic N) is 2. The zero-order valence-electron chi connectivity index (χ0n) is 11.3. The van der Waals surface area contributed by atoms with Crippen LogP contribution in [0.1, 0.15) is 5.56 Å². The molecule has 108 valence electrons. The van der Waals surface area contributed by atoms with Crippen molar-refractivity contribution in [3.05, 3.63) is 35.9 Å². The largest absolute Gasteiger partial charge is 0.496 e. The van der Waals surface area contributed by atoms with Gasteiger partial charge in [-0.1, -0.05) is 18.2 Å². The van der Waals surface area contributed by atoms with E-state index in [2.05, 4.69) is 21.1 Å². The molecule has 7 heteroatoms. The molecule has 0 spiro atoms. The van der Waals surface area contributed by atoms with E-state index in [0.29, 0.717) is 0 Å². The first kappa shape index (κ1) is 14.4. The summed E-state index contributed by atoms with van der Waals surface area (Å²) >= 11 is 0. The molecule has 1 aliphatic heterocycles. The van der Waals surface area contributed by atoms with Crippen LogP contribution < -0.4 is 15.6 Å². The van der Waals surface area contributed by atoms with Crippen LogP contribution in [0.25, 0.3) is 6.08 Å². The first-order valence-electron chi connectivity index (χ1n) is 6.18. The van der Waals surface area contributed by atoms with Crippen LogP contribution in [0.15, 0.2) is 40.5 Å². The lowest BCUT2D eigenvalue weighted by molar-refractivity contribution is -0.131. The molecule has 0 radical (unpaired) electrons. The molecule has 0 bridgehead atoms. The van der Waals surface area contributed by atoms with Crippen LogP contribution in [0.3, 0.4) is 0 Å². The van der Waals surface area contributed by atoms with E-state index < -0.39 is 17.7 Å². The fourth-order valence-electron chi connectivity index (χ4n) is 1.66. The highest BCUT2D eigenvalue weighted by Crippen LogP contribution is 2.18. The zero-order valence-corrected chi connectivity index (χ0v) is 11.3. The first-order chi connectivity index (χ1) is 10.2. The Labute approximate surface area is 121 Å². The number of hydrogen-bond donors (Lipinski definition) is 2. The normalized spacial score (nSPS) is 17.4. The van der Waals surface area contributed by atoms with E-state index in [0.717, 1.165) is 11.3 Å².